The highest BCUT2D eigenvalue weighted by molar-refractivity contribution is 4.83. The summed E-state index contributed by atoms with van der Waals surface area (Å²) in [7, 11) is 3.37. The quantitative estimate of drug-likeness (QED) is 0.659. The van der Waals surface area contributed by atoms with Gasteiger partial charge in [-0.3, -0.25) is 0 Å². The Morgan fingerprint density at radius 3 is 2.00 bits per heavy atom. The van der Waals surface area contributed by atoms with Crippen LogP contribution in [0.3, 0.4) is 0 Å². The molecular formula is C10H20O3. The van der Waals surface area contributed by atoms with Gasteiger partial charge in [-0.05, 0) is 18.8 Å². The fourth-order valence-electron chi connectivity index (χ4n) is 1.90. The molecule has 1 heterocycles. The molecule has 1 aliphatic heterocycles. The van der Waals surface area contributed by atoms with Crippen LogP contribution in [0.15, 0.2) is 0 Å². The Kier molecular flexibility index (Phi) is 3.71. The fourth-order valence-corrected chi connectivity index (χ4v) is 1.90. The van der Waals surface area contributed by atoms with E-state index in [1.165, 1.54) is 0 Å². The van der Waals surface area contributed by atoms with Crippen molar-refractivity contribution in [3.8, 4) is 0 Å². The van der Waals surface area contributed by atoms with Gasteiger partial charge in [-0.2, -0.15) is 0 Å². The van der Waals surface area contributed by atoms with Crippen LogP contribution < -0.4 is 0 Å². The van der Waals surface area contributed by atoms with Crippen molar-refractivity contribution in [3.63, 3.8) is 0 Å². The third kappa shape index (κ3) is 2.03. The lowest BCUT2D eigenvalue weighted by Crippen LogP contribution is -2.49. The summed E-state index contributed by atoms with van der Waals surface area (Å²) in [4.78, 5) is 0. The molecule has 3 nitrogen and oxygen atoms in total. The second-order valence-electron chi connectivity index (χ2n) is 3.86. The molecule has 78 valence electrons. The molecule has 5 unspecified atom stereocenters. The van der Waals surface area contributed by atoms with E-state index in [0.717, 1.165) is 0 Å². The topological polar surface area (TPSA) is 27.7 Å². The first kappa shape index (κ1) is 11.0. The van der Waals surface area contributed by atoms with E-state index in [2.05, 4.69) is 20.8 Å². The number of rotatable bonds is 2. The van der Waals surface area contributed by atoms with E-state index in [9.17, 15) is 0 Å². The molecule has 13 heavy (non-hydrogen) atoms. The highest BCUT2D eigenvalue weighted by Gasteiger charge is 2.39. The van der Waals surface area contributed by atoms with E-state index in [4.69, 9.17) is 14.2 Å². The van der Waals surface area contributed by atoms with Gasteiger partial charge in [0.15, 0.2) is 6.29 Å². The molecule has 0 aromatic carbocycles. The first-order valence-electron chi connectivity index (χ1n) is 4.82. The van der Waals surface area contributed by atoms with Crippen molar-refractivity contribution in [2.75, 3.05) is 14.2 Å². The Balaban J connectivity index is 2.69. The molecule has 1 rings (SSSR count). The van der Waals surface area contributed by atoms with Crippen molar-refractivity contribution < 1.29 is 14.2 Å². The summed E-state index contributed by atoms with van der Waals surface area (Å²) in [5, 5.41) is 0. The molecule has 3 heteroatoms. The summed E-state index contributed by atoms with van der Waals surface area (Å²) in [6.07, 6.45) is 0.0775. The van der Waals surface area contributed by atoms with Gasteiger partial charge in [0.05, 0.1) is 6.10 Å². The minimum absolute atomic E-state index is 0.0520. The van der Waals surface area contributed by atoms with Gasteiger partial charge in [-0.15, -0.1) is 0 Å². The molecule has 0 bridgehead atoms. The highest BCUT2D eigenvalue weighted by Crippen LogP contribution is 2.32. The van der Waals surface area contributed by atoms with E-state index in [-0.39, 0.29) is 18.5 Å². The van der Waals surface area contributed by atoms with Crippen LogP contribution in [0.5, 0.6) is 0 Å². The monoisotopic (exact) mass is 188 g/mol. The number of ether oxygens (including phenoxy) is 3. The molecule has 5 atom stereocenters. The molecule has 0 amide bonds. The Labute approximate surface area is 80.4 Å². The third-order valence-electron chi connectivity index (χ3n) is 3.21. The first-order chi connectivity index (χ1) is 6.11. The predicted octanol–water partition coefficient (Wildman–Crippen LogP) is 1.66. The molecule has 0 spiro atoms. The summed E-state index contributed by atoms with van der Waals surface area (Å²) in [5.41, 5.74) is 0. The molecule has 1 aliphatic rings. The van der Waals surface area contributed by atoms with Gasteiger partial charge in [0.1, 0.15) is 6.10 Å². The Morgan fingerprint density at radius 1 is 0.923 bits per heavy atom. The van der Waals surface area contributed by atoms with Crippen LogP contribution in [0.25, 0.3) is 0 Å². The molecule has 1 saturated heterocycles. The predicted molar refractivity (Wildman–Crippen MR) is 50.5 cm³/mol. The SMILES string of the molecule is COC1OC(C)C(C)C(C)C1OC. The molecule has 0 aliphatic carbocycles. The largest absolute Gasteiger partial charge is 0.376 e. The maximum atomic E-state index is 5.67. The molecule has 0 aromatic rings. The van der Waals surface area contributed by atoms with E-state index in [0.29, 0.717) is 11.8 Å². The minimum Gasteiger partial charge on any atom is -0.376 e. The molecule has 0 N–H and O–H groups in total. The lowest BCUT2D eigenvalue weighted by atomic mass is 9.84. The zero-order valence-corrected chi connectivity index (χ0v) is 9.11. The highest BCUT2D eigenvalue weighted by atomic mass is 16.7. The number of methoxy groups -OCH3 is 2. The second-order valence-corrected chi connectivity index (χ2v) is 3.86. The van der Waals surface area contributed by atoms with E-state index in [1.807, 2.05) is 0 Å². The van der Waals surface area contributed by atoms with Crippen molar-refractivity contribution in [3.05, 3.63) is 0 Å². The number of hydrogen-bond acceptors (Lipinski definition) is 3. The zero-order chi connectivity index (χ0) is 10.0. The first-order valence-corrected chi connectivity index (χ1v) is 4.82. The van der Waals surface area contributed by atoms with Crippen LogP contribution in [0.2, 0.25) is 0 Å². The average Bonchev–Trinajstić information content (AvgIpc) is 2.13. The van der Waals surface area contributed by atoms with Gasteiger partial charge in [-0.25, -0.2) is 0 Å². The minimum atomic E-state index is -0.216. The van der Waals surface area contributed by atoms with E-state index < -0.39 is 0 Å². The average molecular weight is 188 g/mol. The van der Waals surface area contributed by atoms with Crippen molar-refractivity contribution >= 4 is 0 Å². The van der Waals surface area contributed by atoms with Gasteiger partial charge in [-0.1, -0.05) is 13.8 Å². The van der Waals surface area contributed by atoms with Gasteiger partial charge < -0.3 is 14.2 Å². The zero-order valence-electron chi connectivity index (χ0n) is 9.11. The lowest BCUT2D eigenvalue weighted by Gasteiger charge is -2.42. The summed E-state index contributed by atoms with van der Waals surface area (Å²) < 4.78 is 16.3. The second kappa shape index (κ2) is 4.40. The van der Waals surface area contributed by atoms with Gasteiger partial charge >= 0.3 is 0 Å². The van der Waals surface area contributed by atoms with Gasteiger partial charge in [0.25, 0.3) is 0 Å². The molecule has 1 fully saturated rings. The fraction of sp³-hybridized carbons (Fsp3) is 1.00. The Hall–Kier alpha value is -0.120. The maximum Gasteiger partial charge on any atom is 0.183 e. The normalized spacial score (nSPS) is 46.4. The van der Waals surface area contributed by atoms with E-state index in [1.54, 1.807) is 14.2 Å². The Bertz CT molecular complexity index is 158. The van der Waals surface area contributed by atoms with E-state index >= 15 is 0 Å². The summed E-state index contributed by atoms with van der Waals surface area (Å²) >= 11 is 0. The van der Waals surface area contributed by atoms with Crippen molar-refractivity contribution in [2.45, 2.75) is 39.3 Å². The molecule has 0 aromatic heterocycles. The van der Waals surface area contributed by atoms with Crippen LogP contribution >= 0.6 is 0 Å². The maximum absolute atomic E-state index is 5.67. The van der Waals surface area contributed by atoms with Crippen LogP contribution in [0, 0.1) is 11.8 Å². The van der Waals surface area contributed by atoms with Crippen LogP contribution in [-0.2, 0) is 14.2 Å². The smallest absolute Gasteiger partial charge is 0.183 e. The molecule has 0 saturated carbocycles. The van der Waals surface area contributed by atoms with Crippen molar-refractivity contribution in [2.24, 2.45) is 11.8 Å². The summed E-state index contributed by atoms with van der Waals surface area (Å²) in [6.45, 7) is 6.45. The molecule has 0 radical (unpaired) electrons. The van der Waals surface area contributed by atoms with Gasteiger partial charge in [0.2, 0.25) is 0 Å². The third-order valence-corrected chi connectivity index (χ3v) is 3.21. The van der Waals surface area contributed by atoms with Crippen LogP contribution in [0.4, 0.5) is 0 Å². The van der Waals surface area contributed by atoms with Crippen molar-refractivity contribution in [1.82, 2.24) is 0 Å². The van der Waals surface area contributed by atoms with Crippen LogP contribution in [-0.4, -0.2) is 32.7 Å². The Morgan fingerprint density at radius 2 is 1.54 bits per heavy atom. The van der Waals surface area contributed by atoms with Gasteiger partial charge in [0, 0.05) is 14.2 Å². The summed E-state index contributed by atoms with van der Waals surface area (Å²) in [5.74, 6) is 0.982. The standard InChI is InChI=1S/C10H20O3/c1-6-7(2)9(11-4)10(12-5)13-8(6)3/h6-10H,1-5H3. The lowest BCUT2D eigenvalue weighted by molar-refractivity contribution is -0.262. The summed E-state index contributed by atoms with van der Waals surface area (Å²) in [6, 6.07) is 0. The van der Waals surface area contributed by atoms with Crippen molar-refractivity contribution in [1.29, 1.82) is 0 Å². The van der Waals surface area contributed by atoms with Crippen LogP contribution in [0.1, 0.15) is 20.8 Å². The number of hydrogen-bond donors (Lipinski definition) is 0. The molecular weight excluding hydrogens is 168 g/mol.